The van der Waals surface area contributed by atoms with E-state index in [0.717, 1.165) is 16.9 Å². The van der Waals surface area contributed by atoms with E-state index in [4.69, 9.17) is 10.5 Å². The molecule has 0 saturated heterocycles. The molecular formula is C14H15NO2. The van der Waals surface area contributed by atoms with Crippen LogP contribution in [0.5, 0.6) is 11.5 Å². The molecule has 2 rings (SSSR count). The minimum Gasteiger partial charge on any atom is -0.507 e. The van der Waals surface area contributed by atoms with Gasteiger partial charge in [-0.15, -0.1) is 0 Å². The van der Waals surface area contributed by atoms with Crippen LogP contribution in [0.2, 0.25) is 0 Å². The van der Waals surface area contributed by atoms with Gasteiger partial charge >= 0.3 is 0 Å². The van der Waals surface area contributed by atoms with Crippen molar-refractivity contribution >= 4 is 5.69 Å². The van der Waals surface area contributed by atoms with Crippen molar-refractivity contribution in [2.75, 3.05) is 12.8 Å². The molecule has 0 atom stereocenters. The minimum atomic E-state index is 0.213. The molecule has 3 heteroatoms. The lowest BCUT2D eigenvalue weighted by molar-refractivity contribution is 0.412. The number of anilines is 1. The van der Waals surface area contributed by atoms with Crippen molar-refractivity contribution < 1.29 is 9.84 Å². The third-order valence-corrected chi connectivity index (χ3v) is 2.74. The first-order valence-corrected chi connectivity index (χ1v) is 5.35. The van der Waals surface area contributed by atoms with Gasteiger partial charge in [-0.2, -0.15) is 0 Å². The quantitative estimate of drug-likeness (QED) is 0.615. The SMILES string of the molecule is COc1cc(-c2cc(N)ccc2O)ccc1C. The third-order valence-electron chi connectivity index (χ3n) is 2.74. The van der Waals surface area contributed by atoms with Gasteiger partial charge in [0.15, 0.2) is 0 Å². The fourth-order valence-corrected chi connectivity index (χ4v) is 1.77. The van der Waals surface area contributed by atoms with Crippen molar-refractivity contribution in [3.05, 3.63) is 42.0 Å². The predicted molar refractivity (Wildman–Crippen MR) is 69.2 cm³/mol. The van der Waals surface area contributed by atoms with Gasteiger partial charge in [-0.05, 0) is 42.3 Å². The summed E-state index contributed by atoms with van der Waals surface area (Å²) >= 11 is 0. The number of benzene rings is 2. The van der Waals surface area contributed by atoms with Crippen LogP contribution in [-0.4, -0.2) is 12.2 Å². The molecule has 0 heterocycles. The topological polar surface area (TPSA) is 55.5 Å². The number of methoxy groups -OCH3 is 1. The van der Waals surface area contributed by atoms with E-state index in [1.165, 1.54) is 0 Å². The lowest BCUT2D eigenvalue weighted by Crippen LogP contribution is -1.90. The van der Waals surface area contributed by atoms with E-state index >= 15 is 0 Å². The van der Waals surface area contributed by atoms with E-state index in [-0.39, 0.29) is 5.75 Å². The number of phenols is 1. The van der Waals surface area contributed by atoms with E-state index in [0.29, 0.717) is 11.3 Å². The molecule has 0 aliphatic carbocycles. The second-order valence-corrected chi connectivity index (χ2v) is 3.96. The Morgan fingerprint density at radius 1 is 1.12 bits per heavy atom. The predicted octanol–water partition coefficient (Wildman–Crippen LogP) is 2.96. The fraction of sp³-hybridized carbons (Fsp3) is 0.143. The number of ether oxygens (including phenoxy) is 1. The Morgan fingerprint density at radius 3 is 2.59 bits per heavy atom. The Morgan fingerprint density at radius 2 is 1.88 bits per heavy atom. The first kappa shape index (κ1) is 11.3. The molecule has 3 N–H and O–H groups in total. The molecular weight excluding hydrogens is 214 g/mol. The molecule has 0 amide bonds. The molecule has 0 aliphatic heterocycles. The van der Waals surface area contributed by atoms with Crippen LogP contribution in [0.25, 0.3) is 11.1 Å². The second-order valence-electron chi connectivity index (χ2n) is 3.96. The molecule has 17 heavy (non-hydrogen) atoms. The number of hydrogen-bond donors (Lipinski definition) is 2. The number of phenolic OH excluding ortho intramolecular Hbond substituents is 1. The van der Waals surface area contributed by atoms with E-state index < -0.39 is 0 Å². The van der Waals surface area contributed by atoms with Gasteiger partial charge in [0.2, 0.25) is 0 Å². The molecule has 0 saturated carbocycles. The van der Waals surface area contributed by atoms with Gasteiger partial charge in [-0.25, -0.2) is 0 Å². The standard InChI is InChI=1S/C14H15NO2/c1-9-3-4-10(7-14(9)17-2)12-8-11(15)5-6-13(12)16/h3-8,16H,15H2,1-2H3. The average Bonchev–Trinajstić information content (AvgIpc) is 2.33. The lowest BCUT2D eigenvalue weighted by Gasteiger charge is -2.09. The van der Waals surface area contributed by atoms with Crippen molar-refractivity contribution in [2.24, 2.45) is 0 Å². The van der Waals surface area contributed by atoms with Crippen LogP contribution >= 0.6 is 0 Å². The molecule has 0 bridgehead atoms. The maximum absolute atomic E-state index is 9.82. The summed E-state index contributed by atoms with van der Waals surface area (Å²) in [5, 5.41) is 9.82. The van der Waals surface area contributed by atoms with Crippen LogP contribution < -0.4 is 10.5 Å². The zero-order valence-corrected chi connectivity index (χ0v) is 9.90. The average molecular weight is 229 g/mol. The smallest absolute Gasteiger partial charge is 0.123 e. The first-order chi connectivity index (χ1) is 8.11. The highest BCUT2D eigenvalue weighted by molar-refractivity contribution is 5.74. The summed E-state index contributed by atoms with van der Waals surface area (Å²) in [6, 6.07) is 10.8. The summed E-state index contributed by atoms with van der Waals surface area (Å²) in [4.78, 5) is 0. The fourth-order valence-electron chi connectivity index (χ4n) is 1.77. The minimum absolute atomic E-state index is 0.213. The van der Waals surface area contributed by atoms with Crippen LogP contribution in [0.4, 0.5) is 5.69 Å². The zero-order valence-electron chi connectivity index (χ0n) is 9.90. The molecule has 88 valence electrons. The maximum atomic E-state index is 9.82. The molecule has 0 radical (unpaired) electrons. The van der Waals surface area contributed by atoms with Crippen LogP contribution in [-0.2, 0) is 0 Å². The molecule has 0 aromatic heterocycles. The van der Waals surface area contributed by atoms with Gasteiger partial charge in [-0.1, -0.05) is 12.1 Å². The molecule has 2 aromatic rings. The normalized spacial score (nSPS) is 10.2. The summed E-state index contributed by atoms with van der Waals surface area (Å²) in [7, 11) is 1.63. The summed E-state index contributed by atoms with van der Waals surface area (Å²) in [5.41, 5.74) is 9.00. The van der Waals surface area contributed by atoms with Crippen LogP contribution in [0.1, 0.15) is 5.56 Å². The van der Waals surface area contributed by atoms with Crippen molar-refractivity contribution in [3.63, 3.8) is 0 Å². The van der Waals surface area contributed by atoms with E-state index in [1.54, 1.807) is 25.3 Å². The van der Waals surface area contributed by atoms with Crippen LogP contribution in [0.15, 0.2) is 36.4 Å². The van der Waals surface area contributed by atoms with Gasteiger partial charge in [0.25, 0.3) is 0 Å². The van der Waals surface area contributed by atoms with Crippen molar-refractivity contribution in [1.82, 2.24) is 0 Å². The molecule has 3 nitrogen and oxygen atoms in total. The second kappa shape index (κ2) is 4.37. The number of hydrogen-bond acceptors (Lipinski definition) is 3. The number of aromatic hydroxyl groups is 1. The summed E-state index contributed by atoms with van der Waals surface area (Å²) in [6.07, 6.45) is 0. The number of nitrogen functional groups attached to an aromatic ring is 1. The number of aryl methyl sites for hydroxylation is 1. The van der Waals surface area contributed by atoms with Crippen LogP contribution in [0, 0.1) is 6.92 Å². The third kappa shape index (κ3) is 2.18. The summed E-state index contributed by atoms with van der Waals surface area (Å²) in [6.45, 7) is 1.97. The van der Waals surface area contributed by atoms with Crippen molar-refractivity contribution in [3.8, 4) is 22.6 Å². The molecule has 0 fully saturated rings. The Kier molecular flexibility index (Phi) is 2.91. The van der Waals surface area contributed by atoms with Gasteiger partial charge in [0, 0.05) is 11.3 Å². The Bertz CT molecular complexity index is 550. The molecule has 0 unspecified atom stereocenters. The molecule has 0 spiro atoms. The largest absolute Gasteiger partial charge is 0.507 e. The van der Waals surface area contributed by atoms with E-state index in [9.17, 15) is 5.11 Å². The first-order valence-electron chi connectivity index (χ1n) is 5.35. The highest BCUT2D eigenvalue weighted by Crippen LogP contribution is 2.33. The highest BCUT2D eigenvalue weighted by Gasteiger charge is 2.07. The van der Waals surface area contributed by atoms with E-state index in [1.807, 2.05) is 25.1 Å². The van der Waals surface area contributed by atoms with Gasteiger partial charge in [0.1, 0.15) is 11.5 Å². The van der Waals surface area contributed by atoms with Crippen molar-refractivity contribution in [1.29, 1.82) is 0 Å². The number of rotatable bonds is 2. The monoisotopic (exact) mass is 229 g/mol. The summed E-state index contributed by atoms with van der Waals surface area (Å²) < 4.78 is 5.26. The van der Waals surface area contributed by atoms with Gasteiger partial charge < -0.3 is 15.6 Å². The lowest BCUT2D eigenvalue weighted by atomic mass is 10.0. The van der Waals surface area contributed by atoms with Crippen LogP contribution in [0.3, 0.4) is 0 Å². The van der Waals surface area contributed by atoms with E-state index in [2.05, 4.69) is 0 Å². The maximum Gasteiger partial charge on any atom is 0.123 e. The Balaban J connectivity index is 2.56. The van der Waals surface area contributed by atoms with Gasteiger partial charge in [0.05, 0.1) is 7.11 Å². The highest BCUT2D eigenvalue weighted by atomic mass is 16.5. The Hall–Kier alpha value is -2.16. The summed E-state index contributed by atoms with van der Waals surface area (Å²) in [5.74, 6) is 1.01. The molecule has 2 aromatic carbocycles. The zero-order chi connectivity index (χ0) is 12.4. The number of nitrogens with two attached hydrogens (primary N) is 1. The van der Waals surface area contributed by atoms with Crippen molar-refractivity contribution in [2.45, 2.75) is 6.92 Å². The molecule has 0 aliphatic rings. The Labute approximate surface area is 100 Å². The van der Waals surface area contributed by atoms with Gasteiger partial charge in [-0.3, -0.25) is 0 Å².